The van der Waals surface area contributed by atoms with E-state index in [1.165, 1.54) is 0 Å². The third-order valence-electron chi connectivity index (χ3n) is 8.07. The average molecular weight is 690 g/mol. The maximum atomic E-state index is 12.3. The van der Waals surface area contributed by atoms with Gasteiger partial charge in [0.1, 0.15) is 17.1 Å². The standard InChI is InChI=1S/C32H36ClN3O4.HI/c1-21(2)39-28-13-16-35-31-29(28)22(20-26-25(30(34)37)7-4-8-27(26)40-31)6-5-17-36(3)18-14-32(38,15-19-36)23-9-11-24(33)12-10-23;/h4,6-13,16,20-21,25,38H,5,14-15,17-19H2,1-3H3,(H-,34,37);1H. The highest BCUT2D eigenvalue weighted by molar-refractivity contribution is 6.30. The summed E-state index contributed by atoms with van der Waals surface area (Å²) in [6, 6.07) is 9.37. The highest BCUT2D eigenvalue weighted by Crippen LogP contribution is 2.42. The Kier molecular flexibility index (Phi) is 9.68. The van der Waals surface area contributed by atoms with Gasteiger partial charge in [-0.3, -0.25) is 4.79 Å². The van der Waals surface area contributed by atoms with Crippen molar-refractivity contribution in [3.05, 3.63) is 94.4 Å². The van der Waals surface area contributed by atoms with Crippen LogP contribution >= 0.6 is 11.6 Å². The van der Waals surface area contributed by atoms with Crippen molar-refractivity contribution in [2.45, 2.75) is 44.8 Å². The van der Waals surface area contributed by atoms with Gasteiger partial charge in [0.15, 0.2) is 0 Å². The van der Waals surface area contributed by atoms with Crippen LogP contribution in [0.15, 0.2) is 78.2 Å². The van der Waals surface area contributed by atoms with Crippen molar-refractivity contribution in [2.75, 3.05) is 26.7 Å². The number of pyridine rings is 1. The molecule has 218 valence electrons. The van der Waals surface area contributed by atoms with Gasteiger partial charge < -0.3 is 48.8 Å². The largest absolute Gasteiger partial charge is 1.00 e. The predicted molar refractivity (Wildman–Crippen MR) is 157 cm³/mol. The molecular formula is C32H37ClIN3O4. The van der Waals surface area contributed by atoms with Crippen LogP contribution < -0.4 is 39.2 Å². The fourth-order valence-corrected chi connectivity index (χ4v) is 5.81. The fraction of sp³-hybridized carbons (Fsp3) is 0.375. The second kappa shape index (κ2) is 12.7. The number of aromatic nitrogens is 1. The number of quaternary nitrogens is 1. The summed E-state index contributed by atoms with van der Waals surface area (Å²) in [7, 11) is 2.24. The zero-order chi connectivity index (χ0) is 28.5. The number of fused-ring (bicyclic) bond motifs is 2. The van der Waals surface area contributed by atoms with Crippen molar-refractivity contribution < 1.29 is 47.8 Å². The lowest BCUT2D eigenvalue weighted by Crippen LogP contribution is -3.00. The maximum absolute atomic E-state index is 12.3. The van der Waals surface area contributed by atoms with Crippen LogP contribution in [0.3, 0.4) is 0 Å². The van der Waals surface area contributed by atoms with Gasteiger partial charge >= 0.3 is 0 Å². The smallest absolute Gasteiger partial charge is 0.230 e. The Morgan fingerprint density at radius 1 is 1.27 bits per heavy atom. The first-order chi connectivity index (χ1) is 19.1. The first kappa shape index (κ1) is 31.3. The van der Waals surface area contributed by atoms with E-state index in [0.29, 0.717) is 40.8 Å². The molecule has 1 amide bonds. The van der Waals surface area contributed by atoms with Crippen LogP contribution in [0, 0.1) is 5.92 Å². The molecule has 5 rings (SSSR count). The van der Waals surface area contributed by atoms with E-state index in [2.05, 4.69) is 18.1 Å². The van der Waals surface area contributed by atoms with Crippen LogP contribution in [-0.4, -0.2) is 53.3 Å². The van der Waals surface area contributed by atoms with Crippen molar-refractivity contribution in [2.24, 2.45) is 11.7 Å². The van der Waals surface area contributed by atoms with E-state index in [-0.39, 0.29) is 30.1 Å². The first-order valence-corrected chi connectivity index (χ1v) is 14.2. The zero-order valence-electron chi connectivity index (χ0n) is 23.6. The third kappa shape index (κ3) is 6.88. The van der Waals surface area contributed by atoms with Gasteiger partial charge in [0.25, 0.3) is 0 Å². The molecule has 1 unspecified atom stereocenters. The van der Waals surface area contributed by atoms with Gasteiger partial charge in [0, 0.05) is 36.1 Å². The predicted octanol–water partition coefficient (Wildman–Crippen LogP) is 2.30. The molecule has 2 aromatic rings. The number of ether oxygens (including phenoxy) is 2. The molecule has 0 spiro atoms. The molecule has 9 heteroatoms. The van der Waals surface area contributed by atoms with Crippen molar-refractivity contribution in [1.29, 1.82) is 0 Å². The number of hydrogen-bond donors (Lipinski definition) is 2. The van der Waals surface area contributed by atoms with E-state index < -0.39 is 17.4 Å². The minimum absolute atomic E-state index is 0. The van der Waals surface area contributed by atoms with Crippen molar-refractivity contribution >= 4 is 23.1 Å². The molecular weight excluding hydrogens is 653 g/mol. The Morgan fingerprint density at radius 3 is 2.63 bits per heavy atom. The number of piperidine rings is 1. The zero-order valence-corrected chi connectivity index (χ0v) is 26.6. The molecule has 1 aromatic carbocycles. The number of rotatable bonds is 7. The molecule has 3 heterocycles. The SMILES string of the molecule is CC(C)Oc1ccnc2c1C(=CCC[N+]1(C)CCC(O)(c3ccc(Cl)cc3)CC1)C=C1C(=CC=CC1C(N)=O)O2.[I-]. The van der Waals surface area contributed by atoms with Gasteiger partial charge in [-0.2, -0.15) is 0 Å². The molecule has 3 aliphatic rings. The highest BCUT2D eigenvalue weighted by atomic mass is 127. The Hall–Kier alpha value is -2.66. The molecule has 2 aliphatic heterocycles. The lowest BCUT2D eigenvalue weighted by atomic mass is 9.83. The van der Waals surface area contributed by atoms with Crippen molar-refractivity contribution in [3.8, 4) is 11.6 Å². The Bertz CT molecular complexity index is 1410. The summed E-state index contributed by atoms with van der Waals surface area (Å²) in [6.07, 6.45) is 13.3. The number of likely N-dealkylation sites (tertiary alicyclic amines) is 1. The number of hydrogen-bond acceptors (Lipinski definition) is 5. The van der Waals surface area contributed by atoms with Crippen molar-refractivity contribution in [3.63, 3.8) is 0 Å². The molecule has 0 bridgehead atoms. The van der Waals surface area contributed by atoms with Gasteiger partial charge in [-0.15, -0.1) is 0 Å². The maximum Gasteiger partial charge on any atom is 0.230 e. The van der Waals surface area contributed by atoms with Crippen molar-refractivity contribution in [1.82, 2.24) is 4.98 Å². The minimum atomic E-state index is -0.835. The summed E-state index contributed by atoms with van der Waals surface area (Å²) in [6.45, 7) is 6.56. The van der Waals surface area contributed by atoms with Crippen LogP contribution in [0.5, 0.6) is 11.6 Å². The number of aliphatic hydroxyl groups is 1. The third-order valence-corrected chi connectivity index (χ3v) is 8.32. The first-order valence-electron chi connectivity index (χ1n) is 13.8. The number of amides is 1. The number of halogens is 2. The molecule has 1 aliphatic carbocycles. The van der Waals surface area contributed by atoms with E-state index in [0.717, 1.165) is 47.2 Å². The van der Waals surface area contributed by atoms with Crippen LogP contribution in [-0.2, 0) is 10.4 Å². The number of carbonyl (C=O) groups is 1. The van der Waals surface area contributed by atoms with Crippen LogP contribution in [0.25, 0.3) is 5.57 Å². The van der Waals surface area contributed by atoms with Crippen LogP contribution in [0.2, 0.25) is 5.02 Å². The molecule has 1 fully saturated rings. The van der Waals surface area contributed by atoms with Gasteiger partial charge in [-0.05, 0) is 55.3 Å². The second-order valence-corrected chi connectivity index (χ2v) is 11.9. The van der Waals surface area contributed by atoms with E-state index in [1.54, 1.807) is 18.3 Å². The quantitative estimate of drug-likeness (QED) is 0.344. The topological polar surface area (TPSA) is 94.7 Å². The molecule has 41 heavy (non-hydrogen) atoms. The molecule has 3 N–H and O–H groups in total. The molecule has 1 aromatic heterocycles. The molecule has 1 saturated heterocycles. The summed E-state index contributed by atoms with van der Waals surface area (Å²) in [5.74, 6) is 0.642. The normalized spacial score (nSPS) is 26.1. The summed E-state index contributed by atoms with van der Waals surface area (Å²) in [5, 5.41) is 12.0. The van der Waals surface area contributed by atoms with E-state index in [4.69, 9.17) is 26.8 Å². The Labute approximate surface area is 264 Å². The lowest BCUT2D eigenvalue weighted by Gasteiger charge is -2.44. The highest BCUT2D eigenvalue weighted by Gasteiger charge is 2.40. The molecule has 1 atom stereocenters. The van der Waals surface area contributed by atoms with Gasteiger partial charge in [-0.25, -0.2) is 4.98 Å². The monoisotopic (exact) mass is 689 g/mol. The number of primary amides is 1. The second-order valence-electron chi connectivity index (χ2n) is 11.4. The number of nitrogens with zero attached hydrogens (tertiary/aromatic N) is 2. The Morgan fingerprint density at radius 2 is 1.98 bits per heavy atom. The number of benzene rings is 1. The molecule has 0 radical (unpaired) electrons. The van der Waals surface area contributed by atoms with Gasteiger partial charge in [0.2, 0.25) is 11.8 Å². The fourth-order valence-electron chi connectivity index (χ4n) is 5.69. The van der Waals surface area contributed by atoms with E-state index >= 15 is 0 Å². The molecule has 0 saturated carbocycles. The van der Waals surface area contributed by atoms with Crippen LogP contribution in [0.1, 0.15) is 44.2 Å². The van der Waals surface area contributed by atoms with E-state index in [9.17, 15) is 9.90 Å². The summed E-state index contributed by atoms with van der Waals surface area (Å²) >= 11 is 6.06. The molecule has 7 nitrogen and oxygen atoms in total. The Balaban J connectivity index is 0.00000387. The number of carbonyl (C=O) groups excluding carboxylic acids is 1. The lowest BCUT2D eigenvalue weighted by molar-refractivity contribution is -0.916. The van der Waals surface area contributed by atoms with E-state index in [1.807, 2.05) is 56.3 Å². The summed E-state index contributed by atoms with van der Waals surface area (Å²) in [5.41, 5.74) is 8.21. The summed E-state index contributed by atoms with van der Waals surface area (Å²) in [4.78, 5) is 16.8. The van der Waals surface area contributed by atoms with Gasteiger partial charge in [0.05, 0.1) is 44.3 Å². The number of nitrogens with two attached hydrogens (primary N) is 1. The number of allylic oxidation sites excluding steroid dienone is 5. The van der Waals surface area contributed by atoms with Gasteiger partial charge in [-0.1, -0.05) is 42.0 Å². The average Bonchev–Trinajstić information content (AvgIpc) is 3.07. The minimum Gasteiger partial charge on any atom is -1.00 e. The summed E-state index contributed by atoms with van der Waals surface area (Å²) < 4.78 is 13.2. The van der Waals surface area contributed by atoms with Crippen LogP contribution in [0.4, 0.5) is 0 Å².